The summed E-state index contributed by atoms with van der Waals surface area (Å²) in [4.78, 5) is 24.1. The van der Waals surface area contributed by atoms with Crippen LogP contribution in [0.25, 0.3) is 22.3 Å². The molecule has 1 aliphatic heterocycles. The average molecular weight is 393 g/mol. The zero-order valence-electron chi connectivity index (χ0n) is 12.0. The zero-order valence-corrected chi connectivity index (χ0v) is 14.4. The molecule has 0 spiro atoms. The Hall–Kier alpha value is -1.77. The summed E-state index contributed by atoms with van der Waals surface area (Å²) in [6.07, 6.45) is 4.40. The summed E-state index contributed by atoms with van der Waals surface area (Å²) in [5.74, 6) is -0.0951. The standard InChI is InChI=1S/C15H13BrN4O2S/c16-9-3-10-11(5-18-13(10)17-4-9)12-7-23-15(19-12)20-14(21)8-1-2-22-6-8/h3-5,7-8H,1-2,6H2,(H,17,18)(H,19,20,21). The smallest absolute Gasteiger partial charge is 0.231 e. The lowest BCUT2D eigenvalue weighted by atomic mass is 10.1. The van der Waals surface area contributed by atoms with Crippen molar-refractivity contribution in [3.63, 3.8) is 0 Å². The van der Waals surface area contributed by atoms with Crippen molar-refractivity contribution in [2.45, 2.75) is 6.42 Å². The summed E-state index contributed by atoms with van der Waals surface area (Å²) in [5.41, 5.74) is 2.60. The normalized spacial score (nSPS) is 17.7. The van der Waals surface area contributed by atoms with Gasteiger partial charge in [0.25, 0.3) is 0 Å². The number of carbonyl (C=O) groups excluding carboxylic acids is 1. The second-order valence-corrected chi connectivity index (χ2v) is 7.11. The molecule has 3 aromatic rings. The first-order valence-electron chi connectivity index (χ1n) is 7.18. The van der Waals surface area contributed by atoms with E-state index >= 15 is 0 Å². The molecule has 1 amide bonds. The highest BCUT2D eigenvalue weighted by Gasteiger charge is 2.24. The minimum Gasteiger partial charge on any atom is -0.381 e. The van der Waals surface area contributed by atoms with Crippen molar-refractivity contribution in [1.82, 2.24) is 15.0 Å². The molecule has 6 nitrogen and oxygen atoms in total. The first-order chi connectivity index (χ1) is 11.2. The summed E-state index contributed by atoms with van der Waals surface area (Å²) in [5, 5.41) is 6.41. The third-order valence-electron chi connectivity index (χ3n) is 3.81. The van der Waals surface area contributed by atoms with Gasteiger partial charge in [-0.1, -0.05) is 0 Å². The molecule has 0 aliphatic carbocycles. The molecule has 23 heavy (non-hydrogen) atoms. The molecule has 0 aromatic carbocycles. The van der Waals surface area contributed by atoms with E-state index in [0.29, 0.717) is 18.3 Å². The quantitative estimate of drug-likeness (QED) is 0.715. The van der Waals surface area contributed by atoms with Crippen molar-refractivity contribution >= 4 is 49.3 Å². The van der Waals surface area contributed by atoms with Crippen molar-refractivity contribution in [2.24, 2.45) is 5.92 Å². The van der Waals surface area contributed by atoms with Crippen LogP contribution in [0.5, 0.6) is 0 Å². The van der Waals surface area contributed by atoms with Gasteiger partial charge in [0.15, 0.2) is 5.13 Å². The first kappa shape index (κ1) is 14.8. The van der Waals surface area contributed by atoms with E-state index in [1.807, 2.05) is 17.6 Å². The van der Waals surface area contributed by atoms with Gasteiger partial charge in [0.2, 0.25) is 5.91 Å². The molecule has 4 rings (SSSR count). The van der Waals surface area contributed by atoms with Crippen molar-refractivity contribution in [2.75, 3.05) is 18.5 Å². The number of nitrogens with zero attached hydrogens (tertiary/aromatic N) is 2. The van der Waals surface area contributed by atoms with E-state index in [1.165, 1.54) is 11.3 Å². The Morgan fingerprint density at radius 1 is 1.52 bits per heavy atom. The molecule has 1 atom stereocenters. The van der Waals surface area contributed by atoms with Gasteiger partial charge in [0.05, 0.1) is 18.2 Å². The van der Waals surface area contributed by atoms with Gasteiger partial charge < -0.3 is 15.0 Å². The van der Waals surface area contributed by atoms with E-state index in [-0.39, 0.29) is 11.8 Å². The van der Waals surface area contributed by atoms with E-state index in [4.69, 9.17) is 4.74 Å². The van der Waals surface area contributed by atoms with Crippen molar-refractivity contribution in [1.29, 1.82) is 0 Å². The van der Waals surface area contributed by atoms with Crippen LogP contribution < -0.4 is 5.32 Å². The number of ether oxygens (including phenoxy) is 1. The zero-order chi connectivity index (χ0) is 15.8. The van der Waals surface area contributed by atoms with Crippen LogP contribution in [-0.4, -0.2) is 34.1 Å². The number of hydrogen-bond donors (Lipinski definition) is 2. The number of nitrogens with one attached hydrogen (secondary N) is 2. The van der Waals surface area contributed by atoms with Gasteiger partial charge in [0.1, 0.15) is 5.65 Å². The number of amides is 1. The number of aromatic amines is 1. The van der Waals surface area contributed by atoms with E-state index < -0.39 is 0 Å². The van der Waals surface area contributed by atoms with Crippen molar-refractivity contribution < 1.29 is 9.53 Å². The number of carbonyl (C=O) groups is 1. The Labute approximate surface area is 144 Å². The van der Waals surface area contributed by atoms with Crippen molar-refractivity contribution in [3.05, 3.63) is 28.3 Å². The topological polar surface area (TPSA) is 79.9 Å². The van der Waals surface area contributed by atoms with E-state index in [9.17, 15) is 4.79 Å². The highest BCUT2D eigenvalue weighted by atomic mass is 79.9. The van der Waals surface area contributed by atoms with E-state index in [0.717, 1.165) is 33.2 Å². The van der Waals surface area contributed by atoms with Crippen LogP contribution >= 0.6 is 27.3 Å². The molecule has 3 aromatic heterocycles. The third-order valence-corrected chi connectivity index (χ3v) is 5.00. The summed E-state index contributed by atoms with van der Waals surface area (Å²) >= 11 is 4.85. The van der Waals surface area contributed by atoms with Gasteiger partial charge in [-0.05, 0) is 28.4 Å². The van der Waals surface area contributed by atoms with Crippen LogP contribution in [0.3, 0.4) is 0 Å². The number of hydrogen-bond acceptors (Lipinski definition) is 5. The summed E-state index contributed by atoms with van der Waals surface area (Å²) in [6, 6.07) is 2.00. The first-order valence-corrected chi connectivity index (χ1v) is 8.85. The molecule has 0 saturated carbocycles. The second-order valence-electron chi connectivity index (χ2n) is 5.34. The number of anilines is 1. The fourth-order valence-corrected chi connectivity index (χ4v) is 3.64. The molecular weight excluding hydrogens is 380 g/mol. The van der Waals surface area contributed by atoms with E-state index in [1.54, 1.807) is 6.20 Å². The number of halogens is 1. The molecule has 2 N–H and O–H groups in total. The number of thiazole rings is 1. The maximum absolute atomic E-state index is 12.1. The lowest BCUT2D eigenvalue weighted by Gasteiger charge is -2.05. The van der Waals surface area contributed by atoms with Crippen LogP contribution in [-0.2, 0) is 9.53 Å². The van der Waals surface area contributed by atoms with Gasteiger partial charge in [-0.15, -0.1) is 11.3 Å². The van der Waals surface area contributed by atoms with Crippen LogP contribution in [0.15, 0.2) is 28.3 Å². The van der Waals surface area contributed by atoms with Gasteiger partial charge in [-0.3, -0.25) is 4.79 Å². The maximum atomic E-state index is 12.1. The van der Waals surface area contributed by atoms with Gasteiger partial charge in [-0.2, -0.15) is 0 Å². The molecular formula is C15H13BrN4O2S. The van der Waals surface area contributed by atoms with Gasteiger partial charge >= 0.3 is 0 Å². The summed E-state index contributed by atoms with van der Waals surface area (Å²) in [7, 11) is 0. The van der Waals surface area contributed by atoms with Crippen LogP contribution in [0.1, 0.15) is 6.42 Å². The van der Waals surface area contributed by atoms with Gasteiger partial charge in [-0.25, -0.2) is 9.97 Å². The molecule has 1 fully saturated rings. The highest BCUT2D eigenvalue weighted by molar-refractivity contribution is 9.10. The Morgan fingerprint density at radius 3 is 3.26 bits per heavy atom. The van der Waals surface area contributed by atoms with Crippen molar-refractivity contribution in [3.8, 4) is 11.3 Å². The molecule has 1 unspecified atom stereocenters. The molecule has 1 saturated heterocycles. The number of rotatable bonds is 3. The second kappa shape index (κ2) is 6.03. The van der Waals surface area contributed by atoms with Crippen LogP contribution in [0.4, 0.5) is 5.13 Å². The Morgan fingerprint density at radius 2 is 2.43 bits per heavy atom. The van der Waals surface area contributed by atoms with Crippen LogP contribution in [0.2, 0.25) is 0 Å². The number of fused-ring (bicyclic) bond motifs is 1. The molecule has 4 heterocycles. The highest BCUT2D eigenvalue weighted by Crippen LogP contribution is 2.31. The average Bonchev–Trinajstić information content (AvgIpc) is 3.26. The number of aromatic nitrogens is 3. The molecule has 118 valence electrons. The third kappa shape index (κ3) is 2.89. The van der Waals surface area contributed by atoms with E-state index in [2.05, 4.69) is 36.2 Å². The minimum absolute atomic E-state index is 0.0215. The molecule has 0 radical (unpaired) electrons. The fraction of sp³-hybridized carbons (Fsp3) is 0.267. The molecule has 0 bridgehead atoms. The van der Waals surface area contributed by atoms with Gasteiger partial charge in [0, 0.05) is 39.8 Å². The lowest BCUT2D eigenvalue weighted by Crippen LogP contribution is -2.22. The largest absolute Gasteiger partial charge is 0.381 e. The Kier molecular flexibility index (Phi) is 3.88. The molecule has 1 aliphatic rings. The summed E-state index contributed by atoms with van der Waals surface area (Å²) < 4.78 is 6.16. The predicted octanol–water partition coefficient (Wildman–Crippen LogP) is 3.42. The minimum atomic E-state index is -0.0735. The Bertz CT molecular complexity index is 869. The number of H-pyrrole nitrogens is 1. The lowest BCUT2D eigenvalue weighted by molar-refractivity contribution is -0.119. The van der Waals surface area contributed by atoms with Crippen LogP contribution in [0, 0.1) is 5.92 Å². The monoisotopic (exact) mass is 392 g/mol. The fourth-order valence-electron chi connectivity index (χ4n) is 2.59. The maximum Gasteiger partial charge on any atom is 0.231 e. The SMILES string of the molecule is O=C(Nc1nc(-c2c[nH]c3ncc(Br)cc23)cs1)C1CCOC1. The molecule has 8 heteroatoms. The number of pyridine rings is 1. The summed E-state index contributed by atoms with van der Waals surface area (Å²) in [6.45, 7) is 1.14. The predicted molar refractivity (Wildman–Crippen MR) is 92.5 cm³/mol. The Balaban J connectivity index is 1.59.